The number of hydrogen-bond acceptors (Lipinski definition) is 2. The fraction of sp³-hybridized carbons (Fsp3) is 0.562. The van der Waals surface area contributed by atoms with Crippen molar-refractivity contribution in [2.75, 3.05) is 0 Å². The lowest BCUT2D eigenvalue weighted by molar-refractivity contribution is -0.112. The molecule has 18 heavy (non-hydrogen) atoms. The maximum absolute atomic E-state index is 11.2. The number of rotatable bonds is 3. The second-order valence-electron chi connectivity index (χ2n) is 5.59. The van der Waals surface area contributed by atoms with Gasteiger partial charge in [-0.2, -0.15) is 0 Å². The summed E-state index contributed by atoms with van der Waals surface area (Å²) in [6.07, 6.45) is 14.1. The fourth-order valence-corrected chi connectivity index (χ4v) is 3.23. The molecular formula is C16H22OS. The Morgan fingerprint density at radius 1 is 1.39 bits per heavy atom. The Morgan fingerprint density at radius 3 is 2.67 bits per heavy atom. The van der Waals surface area contributed by atoms with Gasteiger partial charge in [-0.05, 0) is 49.2 Å². The summed E-state index contributed by atoms with van der Waals surface area (Å²) in [4.78, 5) is 11.8. The molecular weight excluding hydrogens is 240 g/mol. The molecule has 2 atom stereocenters. The highest BCUT2D eigenvalue weighted by atomic mass is 32.1. The summed E-state index contributed by atoms with van der Waals surface area (Å²) in [7, 11) is 0. The van der Waals surface area contributed by atoms with Gasteiger partial charge in [0.15, 0.2) is 5.78 Å². The quantitative estimate of drug-likeness (QED) is 0.592. The number of carbonyl (C=O) groups is 1. The molecule has 0 aromatic rings. The number of thiol groups is 1. The smallest absolute Gasteiger partial charge is 0.165 e. The van der Waals surface area contributed by atoms with Gasteiger partial charge in [0.05, 0.1) is 0 Å². The topological polar surface area (TPSA) is 17.1 Å². The van der Waals surface area contributed by atoms with Crippen LogP contribution in [0.1, 0.15) is 39.5 Å². The summed E-state index contributed by atoms with van der Waals surface area (Å²) in [5, 5.41) is 0. The van der Waals surface area contributed by atoms with Crippen molar-refractivity contribution in [1.82, 2.24) is 0 Å². The van der Waals surface area contributed by atoms with Gasteiger partial charge in [-0.15, -0.1) is 12.6 Å². The number of Topliss-reactive ketones (excluding diaryl/α,β-unsaturated/α-hetero) is 1. The first-order valence-corrected chi connectivity index (χ1v) is 7.34. The van der Waals surface area contributed by atoms with E-state index in [1.165, 1.54) is 25.7 Å². The van der Waals surface area contributed by atoms with Crippen LogP contribution in [0.4, 0.5) is 0 Å². The van der Waals surface area contributed by atoms with Gasteiger partial charge in [0.25, 0.3) is 0 Å². The Bertz CT molecular complexity index is 411. The molecule has 0 saturated heterocycles. The largest absolute Gasteiger partial charge is 0.294 e. The highest BCUT2D eigenvalue weighted by molar-refractivity contribution is 7.85. The van der Waals surface area contributed by atoms with Crippen molar-refractivity contribution < 1.29 is 4.79 Å². The Labute approximate surface area is 115 Å². The minimum Gasteiger partial charge on any atom is -0.294 e. The van der Waals surface area contributed by atoms with Crippen molar-refractivity contribution >= 4 is 18.4 Å². The van der Waals surface area contributed by atoms with Gasteiger partial charge in [-0.25, -0.2) is 0 Å². The van der Waals surface area contributed by atoms with E-state index in [0.29, 0.717) is 16.7 Å². The molecule has 0 N–H and O–H groups in total. The summed E-state index contributed by atoms with van der Waals surface area (Å²) in [5.41, 5.74) is 1.14. The molecule has 1 nitrogen and oxygen atoms in total. The third kappa shape index (κ3) is 3.17. The van der Waals surface area contributed by atoms with Crippen molar-refractivity contribution in [2.45, 2.75) is 39.5 Å². The van der Waals surface area contributed by atoms with E-state index in [1.807, 2.05) is 6.08 Å². The molecule has 98 valence electrons. The van der Waals surface area contributed by atoms with Gasteiger partial charge in [0.1, 0.15) is 0 Å². The van der Waals surface area contributed by atoms with Crippen LogP contribution in [-0.2, 0) is 4.79 Å². The summed E-state index contributed by atoms with van der Waals surface area (Å²) in [6.45, 7) is 3.85. The minimum atomic E-state index is 0.0312. The molecule has 2 aliphatic rings. The highest BCUT2D eigenvalue weighted by Gasteiger charge is 2.28. The van der Waals surface area contributed by atoms with Gasteiger partial charge in [-0.3, -0.25) is 4.79 Å². The van der Waals surface area contributed by atoms with Crippen LogP contribution >= 0.6 is 12.6 Å². The maximum atomic E-state index is 11.2. The Balaban J connectivity index is 2.16. The van der Waals surface area contributed by atoms with Gasteiger partial charge >= 0.3 is 0 Å². The van der Waals surface area contributed by atoms with Crippen LogP contribution in [0.2, 0.25) is 0 Å². The lowest BCUT2D eigenvalue weighted by atomic mass is 9.77. The Hall–Kier alpha value is -0.760. The average molecular weight is 262 g/mol. The van der Waals surface area contributed by atoms with E-state index in [2.05, 4.69) is 37.8 Å². The van der Waals surface area contributed by atoms with Crippen LogP contribution in [0, 0.1) is 17.8 Å². The molecule has 0 radical (unpaired) electrons. The SMILES string of the molecule is CC(=O)/C(S)=C\C1=CC(C2CCCC2)C(C)C=C1. The van der Waals surface area contributed by atoms with E-state index in [1.54, 1.807) is 6.92 Å². The van der Waals surface area contributed by atoms with Crippen molar-refractivity contribution in [3.8, 4) is 0 Å². The van der Waals surface area contributed by atoms with E-state index < -0.39 is 0 Å². The van der Waals surface area contributed by atoms with E-state index in [0.717, 1.165) is 11.5 Å². The first kappa shape index (κ1) is 13.7. The zero-order chi connectivity index (χ0) is 13.1. The Kier molecular flexibility index (Phi) is 4.50. The van der Waals surface area contributed by atoms with Gasteiger partial charge < -0.3 is 0 Å². The van der Waals surface area contributed by atoms with Crippen LogP contribution in [-0.4, -0.2) is 5.78 Å². The van der Waals surface area contributed by atoms with E-state index in [9.17, 15) is 4.79 Å². The van der Waals surface area contributed by atoms with Crippen molar-refractivity contribution in [1.29, 1.82) is 0 Å². The number of allylic oxidation sites excluding steroid dienone is 6. The predicted octanol–water partition coefficient (Wildman–Crippen LogP) is 4.33. The molecule has 0 spiro atoms. The van der Waals surface area contributed by atoms with Crippen LogP contribution in [0.3, 0.4) is 0 Å². The Morgan fingerprint density at radius 2 is 2.06 bits per heavy atom. The zero-order valence-electron chi connectivity index (χ0n) is 11.2. The second-order valence-corrected chi connectivity index (χ2v) is 6.07. The predicted molar refractivity (Wildman–Crippen MR) is 79.6 cm³/mol. The summed E-state index contributed by atoms with van der Waals surface area (Å²) >= 11 is 4.23. The van der Waals surface area contributed by atoms with Crippen molar-refractivity contribution in [3.63, 3.8) is 0 Å². The van der Waals surface area contributed by atoms with Gasteiger partial charge in [0, 0.05) is 4.91 Å². The molecule has 1 fully saturated rings. The number of carbonyl (C=O) groups excluding carboxylic acids is 1. The van der Waals surface area contributed by atoms with Crippen molar-refractivity contribution in [2.24, 2.45) is 17.8 Å². The zero-order valence-corrected chi connectivity index (χ0v) is 12.1. The van der Waals surface area contributed by atoms with Crippen LogP contribution in [0.15, 0.2) is 34.8 Å². The average Bonchev–Trinajstić information content (AvgIpc) is 2.85. The monoisotopic (exact) mass is 262 g/mol. The second kappa shape index (κ2) is 5.92. The molecule has 0 amide bonds. The number of ketones is 1. The van der Waals surface area contributed by atoms with Gasteiger partial charge in [0.2, 0.25) is 0 Å². The van der Waals surface area contributed by atoms with Gasteiger partial charge in [-0.1, -0.05) is 38.0 Å². The molecule has 2 aliphatic carbocycles. The third-order valence-corrected chi connectivity index (χ3v) is 4.64. The molecule has 0 aromatic carbocycles. The molecule has 0 bridgehead atoms. The fourth-order valence-electron chi connectivity index (χ4n) is 3.08. The van der Waals surface area contributed by atoms with E-state index in [-0.39, 0.29) is 5.78 Å². The maximum Gasteiger partial charge on any atom is 0.165 e. The highest BCUT2D eigenvalue weighted by Crippen LogP contribution is 2.39. The van der Waals surface area contributed by atoms with E-state index in [4.69, 9.17) is 0 Å². The lowest BCUT2D eigenvalue weighted by Crippen LogP contribution is -2.19. The molecule has 0 heterocycles. The molecule has 0 aromatic heterocycles. The standard InChI is InChI=1S/C16H22OS/c1-11-7-8-13(10-16(18)12(2)17)9-15(11)14-5-3-4-6-14/h7-11,14-15,18H,3-6H2,1-2H3/b16-10+. The molecule has 2 rings (SSSR count). The summed E-state index contributed by atoms with van der Waals surface area (Å²) in [6, 6.07) is 0. The molecule has 2 heteroatoms. The summed E-state index contributed by atoms with van der Waals surface area (Å²) in [5.74, 6) is 2.11. The third-order valence-electron chi connectivity index (χ3n) is 4.19. The molecule has 0 aliphatic heterocycles. The van der Waals surface area contributed by atoms with Crippen LogP contribution in [0.25, 0.3) is 0 Å². The molecule has 1 saturated carbocycles. The van der Waals surface area contributed by atoms with Crippen LogP contribution in [0.5, 0.6) is 0 Å². The number of hydrogen-bond donors (Lipinski definition) is 1. The normalized spacial score (nSPS) is 29.5. The lowest BCUT2D eigenvalue weighted by Gasteiger charge is -2.28. The minimum absolute atomic E-state index is 0.0312. The summed E-state index contributed by atoms with van der Waals surface area (Å²) < 4.78 is 0. The first-order valence-electron chi connectivity index (χ1n) is 6.89. The van der Waals surface area contributed by atoms with Crippen LogP contribution < -0.4 is 0 Å². The first-order chi connectivity index (χ1) is 8.58. The van der Waals surface area contributed by atoms with E-state index >= 15 is 0 Å². The van der Waals surface area contributed by atoms with Crippen molar-refractivity contribution in [3.05, 3.63) is 34.8 Å². The molecule has 2 unspecified atom stereocenters.